The first-order chi connectivity index (χ1) is 9.22. The van der Waals surface area contributed by atoms with Gasteiger partial charge in [-0.15, -0.1) is 0 Å². The minimum absolute atomic E-state index is 0.503. The third kappa shape index (κ3) is 2.38. The molecule has 0 aliphatic heterocycles. The van der Waals surface area contributed by atoms with Gasteiger partial charge in [0, 0.05) is 24.7 Å². The summed E-state index contributed by atoms with van der Waals surface area (Å²) in [5.74, 6) is 0.676. The van der Waals surface area contributed by atoms with E-state index in [9.17, 15) is 0 Å². The summed E-state index contributed by atoms with van der Waals surface area (Å²) >= 11 is 0. The number of hydrogen-bond donors (Lipinski definition) is 1. The number of benzene rings is 2. The number of nitrogens with two attached hydrogens (primary N) is 1. The first-order valence-electron chi connectivity index (χ1n) is 6.12. The molecule has 0 spiro atoms. The highest BCUT2D eigenvalue weighted by molar-refractivity contribution is 5.84. The van der Waals surface area contributed by atoms with Crippen molar-refractivity contribution in [3.63, 3.8) is 0 Å². The maximum atomic E-state index is 6.00. The van der Waals surface area contributed by atoms with Crippen LogP contribution in [0.1, 0.15) is 5.56 Å². The smallest absolute Gasteiger partial charge is 0.144 e. The highest BCUT2D eigenvalue weighted by Crippen LogP contribution is 2.27. The van der Waals surface area contributed by atoms with Crippen LogP contribution in [0.5, 0.6) is 5.75 Å². The first-order valence-corrected chi connectivity index (χ1v) is 6.12. The van der Waals surface area contributed by atoms with Gasteiger partial charge in [-0.2, -0.15) is 5.10 Å². The summed E-state index contributed by atoms with van der Waals surface area (Å²) in [6.45, 7) is 0.503. The van der Waals surface area contributed by atoms with Gasteiger partial charge in [-0.3, -0.25) is 4.68 Å². The van der Waals surface area contributed by atoms with Crippen molar-refractivity contribution in [2.45, 2.75) is 6.61 Å². The Labute approximate surface area is 111 Å². The van der Waals surface area contributed by atoms with Gasteiger partial charge in [0.25, 0.3) is 0 Å². The van der Waals surface area contributed by atoms with Crippen molar-refractivity contribution >= 4 is 16.6 Å². The Kier molecular flexibility index (Phi) is 2.83. The molecule has 0 saturated carbocycles. The summed E-state index contributed by atoms with van der Waals surface area (Å²) in [4.78, 5) is 0. The molecule has 0 atom stereocenters. The third-order valence-electron chi connectivity index (χ3n) is 2.99. The summed E-state index contributed by atoms with van der Waals surface area (Å²) in [6.07, 6.45) is 1.94. The van der Waals surface area contributed by atoms with E-state index in [1.165, 1.54) is 0 Å². The molecule has 4 nitrogen and oxygen atoms in total. The van der Waals surface area contributed by atoms with E-state index >= 15 is 0 Å². The van der Waals surface area contributed by atoms with Crippen molar-refractivity contribution in [3.05, 3.63) is 54.2 Å². The van der Waals surface area contributed by atoms with Gasteiger partial charge < -0.3 is 10.5 Å². The molecule has 2 N–H and O–H groups in total. The molecule has 0 unspecified atom stereocenters. The van der Waals surface area contributed by atoms with E-state index in [-0.39, 0.29) is 0 Å². The van der Waals surface area contributed by atoms with Crippen LogP contribution >= 0.6 is 0 Å². The number of aromatic nitrogens is 2. The van der Waals surface area contributed by atoms with Gasteiger partial charge in [0.15, 0.2) is 0 Å². The van der Waals surface area contributed by atoms with Gasteiger partial charge in [-0.05, 0) is 11.6 Å². The summed E-state index contributed by atoms with van der Waals surface area (Å²) in [5.41, 5.74) is 8.64. The zero-order chi connectivity index (χ0) is 13.2. The first kappa shape index (κ1) is 11.6. The number of anilines is 1. The van der Waals surface area contributed by atoms with Gasteiger partial charge in [0.2, 0.25) is 0 Å². The second kappa shape index (κ2) is 4.65. The lowest BCUT2D eigenvalue weighted by atomic mass is 10.2. The molecule has 96 valence electrons. The zero-order valence-corrected chi connectivity index (χ0v) is 10.7. The normalized spacial score (nSPS) is 10.8. The van der Waals surface area contributed by atoms with Crippen LogP contribution in [0.4, 0.5) is 5.69 Å². The van der Waals surface area contributed by atoms with Gasteiger partial charge in [-0.25, -0.2) is 0 Å². The molecule has 4 heteroatoms. The monoisotopic (exact) mass is 253 g/mol. The van der Waals surface area contributed by atoms with Crippen molar-refractivity contribution in [2.75, 3.05) is 5.73 Å². The van der Waals surface area contributed by atoms with Crippen LogP contribution in [-0.2, 0) is 13.7 Å². The fourth-order valence-electron chi connectivity index (χ4n) is 2.05. The Balaban J connectivity index is 1.86. The molecule has 2 aromatic carbocycles. The molecule has 0 aliphatic rings. The Morgan fingerprint density at radius 1 is 1.21 bits per heavy atom. The SMILES string of the molecule is Cn1cc2cc(N)c(OCc3ccccc3)cc2n1. The molecule has 1 heterocycles. The minimum Gasteiger partial charge on any atom is -0.487 e. The lowest BCUT2D eigenvalue weighted by Crippen LogP contribution is -1.98. The summed E-state index contributed by atoms with van der Waals surface area (Å²) in [6, 6.07) is 13.8. The predicted molar refractivity (Wildman–Crippen MR) is 75.9 cm³/mol. The Morgan fingerprint density at radius 2 is 2.00 bits per heavy atom. The quantitative estimate of drug-likeness (QED) is 0.730. The van der Waals surface area contributed by atoms with Crippen LogP contribution in [0.2, 0.25) is 0 Å². The minimum atomic E-state index is 0.503. The molecule has 0 amide bonds. The van der Waals surface area contributed by atoms with Crippen molar-refractivity contribution in [2.24, 2.45) is 7.05 Å². The Morgan fingerprint density at radius 3 is 2.79 bits per heavy atom. The maximum absolute atomic E-state index is 6.00. The predicted octanol–water partition coefficient (Wildman–Crippen LogP) is 2.73. The van der Waals surface area contributed by atoms with E-state index in [1.807, 2.05) is 55.7 Å². The van der Waals surface area contributed by atoms with Gasteiger partial charge >= 0.3 is 0 Å². The highest BCUT2D eigenvalue weighted by Gasteiger charge is 2.06. The van der Waals surface area contributed by atoms with Crippen LogP contribution in [0, 0.1) is 0 Å². The molecule has 0 fully saturated rings. The summed E-state index contributed by atoms with van der Waals surface area (Å²) in [5, 5.41) is 5.37. The second-order valence-electron chi connectivity index (χ2n) is 4.53. The molecule has 1 aromatic heterocycles. The lowest BCUT2D eigenvalue weighted by molar-refractivity contribution is 0.308. The van der Waals surface area contributed by atoms with E-state index in [4.69, 9.17) is 10.5 Å². The molecule has 3 aromatic rings. The van der Waals surface area contributed by atoms with E-state index in [0.717, 1.165) is 16.5 Å². The molecular formula is C15H15N3O. The maximum Gasteiger partial charge on any atom is 0.144 e. The number of fused-ring (bicyclic) bond motifs is 1. The molecule has 0 radical (unpaired) electrons. The fraction of sp³-hybridized carbons (Fsp3) is 0.133. The average molecular weight is 253 g/mol. The highest BCUT2D eigenvalue weighted by atomic mass is 16.5. The topological polar surface area (TPSA) is 53.1 Å². The summed E-state index contributed by atoms with van der Waals surface area (Å²) in [7, 11) is 1.89. The molecule has 0 bridgehead atoms. The summed E-state index contributed by atoms with van der Waals surface area (Å²) < 4.78 is 7.53. The van der Waals surface area contributed by atoms with Crippen LogP contribution in [-0.4, -0.2) is 9.78 Å². The lowest BCUT2D eigenvalue weighted by Gasteiger charge is -2.08. The fourth-order valence-corrected chi connectivity index (χ4v) is 2.05. The van der Waals surface area contributed by atoms with Crippen molar-refractivity contribution < 1.29 is 4.74 Å². The van der Waals surface area contributed by atoms with Crippen molar-refractivity contribution in [1.29, 1.82) is 0 Å². The standard InChI is InChI=1S/C15H15N3O/c1-18-9-12-7-13(16)15(8-14(12)17-18)19-10-11-5-3-2-4-6-11/h2-9H,10,16H2,1H3. The van der Waals surface area contributed by atoms with Gasteiger partial charge in [0.05, 0.1) is 11.2 Å². The van der Waals surface area contributed by atoms with Crippen LogP contribution in [0.3, 0.4) is 0 Å². The average Bonchev–Trinajstić information content (AvgIpc) is 2.76. The van der Waals surface area contributed by atoms with Gasteiger partial charge in [-0.1, -0.05) is 30.3 Å². The van der Waals surface area contributed by atoms with Crippen LogP contribution in [0.15, 0.2) is 48.7 Å². The van der Waals surface area contributed by atoms with Crippen LogP contribution < -0.4 is 10.5 Å². The molecular weight excluding hydrogens is 238 g/mol. The largest absolute Gasteiger partial charge is 0.487 e. The number of hydrogen-bond acceptors (Lipinski definition) is 3. The third-order valence-corrected chi connectivity index (χ3v) is 2.99. The molecule has 0 aliphatic carbocycles. The number of nitrogen functional groups attached to an aromatic ring is 1. The van der Waals surface area contributed by atoms with Crippen LogP contribution in [0.25, 0.3) is 10.9 Å². The van der Waals surface area contributed by atoms with E-state index in [0.29, 0.717) is 18.0 Å². The number of nitrogens with zero attached hydrogens (tertiary/aromatic N) is 2. The van der Waals surface area contributed by atoms with Gasteiger partial charge in [0.1, 0.15) is 12.4 Å². The van der Waals surface area contributed by atoms with Crippen molar-refractivity contribution in [1.82, 2.24) is 9.78 Å². The molecule has 3 rings (SSSR count). The zero-order valence-electron chi connectivity index (χ0n) is 10.7. The number of ether oxygens (including phenoxy) is 1. The number of rotatable bonds is 3. The van der Waals surface area contributed by atoms with Crippen molar-refractivity contribution in [3.8, 4) is 5.75 Å². The second-order valence-corrected chi connectivity index (χ2v) is 4.53. The van der Waals surface area contributed by atoms with E-state index in [1.54, 1.807) is 4.68 Å². The molecule has 19 heavy (non-hydrogen) atoms. The van der Waals surface area contributed by atoms with E-state index in [2.05, 4.69) is 5.10 Å². The van der Waals surface area contributed by atoms with E-state index < -0.39 is 0 Å². The molecule has 0 saturated heterocycles. The number of aryl methyl sites for hydroxylation is 1. The Bertz CT molecular complexity index is 704. The Hall–Kier alpha value is -2.49.